The number of anilines is 3. The molecule has 2 fully saturated rings. The Balaban J connectivity index is 1.29. The molecule has 3 N–H and O–H groups in total. The van der Waals surface area contributed by atoms with Gasteiger partial charge in [0.1, 0.15) is 11.3 Å². The van der Waals surface area contributed by atoms with Crippen molar-refractivity contribution in [1.82, 2.24) is 29.7 Å². The molecule has 5 rings (SSSR count). The summed E-state index contributed by atoms with van der Waals surface area (Å²) < 4.78 is 0. The number of aliphatic hydroxyl groups is 2. The van der Waals surface area contributed by atoms with Crippen LogP contribution in [-0.4, -0.2) is 98.5 Å². The third-order valence-electron chi connectivity index (χ3n) is 7.11. The predicted octanol–water partition coefficient (Wildman–Crippen LogP) is 2.19. The lowest BCUT2D eigenvalue weighted by atomic mass is 10.1. The quantitative estimate of drug-likeness (QED) is 0.399. The van der Waals surface area contributed by atoms with Crippen molar-refractivity contribution >= 4 is 28.5 Å². The fourth-order valence-electron chi connectivity index (χ4n) is 5.15. The highest BCUT2D eigenvalue weighted by atomic mass is 16.3. The molecular weight excluding hydrogens is 468 g/mol. The van der Waals surface area contributed by atoms with E-state index in [1.165, 1.54) is 12.0 Å². The number of rotatable bonds is 9. The smallest absolute Gasteiger partial charge is 0.229 e. The van der Waals surface area contributed by atoms with Crippen molar-refractivity contribution in [2.45, 2.75) is 45.3 Å². The zero-order valence-corrected chi connectivity index (χ0v) is 21.7. The number of pyridine rings is 2. The van der Waals surface area contributed by atoms with E-state index in [9.17, 15) is 5.11 Å². The normalized spacial score (nSPS) is 18.3. The minimum absolute atomic E-state index is 0.222. The molecule has 2 saturated heterocycles. The summed E-state index contributed by atoms with van der Waals surface area (Å²) in [4.78, 5) is 25.9. The van der Waals surface area contributed by atoms with E-state index in [2.05, 4.69) is 36.1 Å². The monoisotopic (exact) mass is 506 g/mol. The SMILES string of the molecule is CC(O)Cc1cc2cnc(Nc3ccc(CN4CCN(CCO)CC4)cn3)nc2c(N2CCCCC2)n1. The number of hydrogen-bond acceptors (Lipinski definition) is 10. The summed E-state index contributed by atoms with van der Waals surface area (Å²) in [5.41, 5.74) is 2.85. The fraction of sp³-hybridized carbons (Fsp3) is 0.556. The van der Waals surface area contributed by atoms with Crippen molar-refractivity contribution in [1.29, 1.82) is 0 Å². The van der Waals surface area contributed by atoms with E-state index in [-0.39, 0.29) is 6.61 Å². The minimum atomic E-state index is -0.453. The Morgan fingerprint density at radius 1 is 0.946 bits per heavy atom. The van der Waals surface area contributed by atoms with Gasteiger partial charge in [-0.2, -0.15) is 0 Å². The molecule has 3 aromatic rings. The molecule has 0 radical (unpaired) electrons. The van der Waals surface area contributed by atoms with Crippen LogP contribution in [0.3, 0.4) is 0 Å². The molecule has 3 aromatic heterocycles. The molecule has 10 heteroatoms. The number of fused-ring (bicyclic) bond motifs is 1. The van der Waals surface area contributed by atoms with Gasteiger partial charge in [-0.1, -0.05) is 6.07 Å². The molecule has 5 heterocycles. The van der Waals surface area contributed by atoms with Gasteiger partial charge in [-0.05, 0) is 43.9 Å². The first-order valence-corrected chi connectivity index (χ1v) is 13.4. The molecule has 1 atom stereocenters. The number of aromatic nitrogens is 4. The van der Waals surface area contributed by atoms with Crippen LogP contribution in [0.25, 0.3) is 10.9 Å². The third-order valence-corrected chi connectivity index (χ3v) is 7.11. The van der Waals surface area contributed by atoms with Crippen LogP contribution in [0, 0.1) is 0 Å². The average Bonchev–Trinajstić information content (AvgIpc) is 2.91. The zero-order valence-electron chi connectivity index (χ0n) is 21.7. The van der Waals surface area contributed by atoms with Gasteiger partial charge < -0.3 is 20.4 Å². The number of β-amino-alcohol motifs (C(OH)–C–C–N with tert-alkyl or cyclic N) is 1. The molecule has 0 aliphatic carbocycles. The van der Waals surface area contributed by atoms with Gasteiger partial charge in [0, 0.05) is 82.3 Å². The number of nitrogens with one attached hydrogen (secondary N) is 1. The molecule has 0 aromatic carbocycles. The Hall–Kier alpha value is -2.92. The number of aliphatic hydroxyl groups excluding tert-OH is 2. The second-order valence-electron chi connectivity index (χ2n) is 10.2. The standard InChI is InChI=1S/C27H38N8O2/c1-20(37)15-23-16-22-18-29-27(32-25(22)26(30-23)35-7-3-2-4-8-35)31-24-6-5-21(17-28-24)19-34-11-9-33(10-12-34)13-14-36/h5-6,16-18,20,36-37H,2-4,7-15,19H2,1H3,(H,28,29,31,32). The van der Waals surface area contributed by atoms with E-state index in [1.807, 2.05) is 24.5 Å². The Morgan fingerprint density at radius 3 is 2.43 bits per heavy atom. The second-order valence-corrected chi connectivity index (χ2v) is 10.2. The van der Waals surface area contributed by atoms with E-state index < -0.39 is 6.10 Å². The molecule has 37 heavy (non-hydrogen) atoms. The first kappa shape index (κ1) is 25.7. The van der Waals surface area contributed by atoms with Crippen LogP contribution in [0.4, 0.5) is 17.6 Å². The van der Waals surface area contributed by atoms with E-state index in [0.717, 1.165) is 87.6 Å². The Kier molecular flexibility index (Phi) is 8.40. The highest BCUT2D eigenvalue weighted by molar-refractivity contribution is 5.89. The Labute approximate surface area is 218 Å². The van der Waals surface area contributed by atoms with E-state index in [0.29, 0.717) is 18.2 Å². The van der Waals surface area contributed by atoms with Crippen molar-refractivity contribution in [3.63, 3.8) is 0 Å². The highest BCUT2D eigenvalue weighted by Gasteiger charge is 2.19. The molecule has 0 bridgehead atoms. The largest absolute Gasteiger partial charge is 0.395 e. The first-order chi connectivity index (χ1) is 18.1. The zero-order chi connectivity index (χ0) is 25.6. The Bertz CT molecular complexity index is 1160. The first-order valence-electron chi connectivity index (χ1n) is 13.4. The van der Waals surface area contributed by atoms with E-state index in [1.54, 1.807) is 6.92 Å². The van der Waals surface area contributed by atoms with Gasteiger partial charge in [0.15, 0.2) is 5.82 Å². The summed E-state index contributed by atoms with van der Waals surface area (Å²) in [6, 6.07) is 6.05. The van der Waals surface area contributed by atoms with Crippen molar-refractivity contribution in [3.05, 3.63) is 41.9 Å². The molecular formula is C27H38N8O2. The maximum atomic E-state index is 9.91. The molecule has 0 spiro atoms. The predicted molar refractivity (Wildman–Crippen MR) is 145 cm³/mol. The lowest BCUT2D eigenvalue weighted by molar-refractivity contribution is 0.108. The van der Waals surface area contributed by atoms with Gasteiger partial charge >= 0.3 is 0 Å². The lowest BCUT2D eigenvalue weighted by Gasteiger charge is -2.34. The summed E-state index contributed by atoms with van der Waals surface area (Å²) in [5.74, 6) is 2.07. The maximum Gasteiger partial charge on any atom is 0.229 e. The van der Waals surface area contributed by atoms with Gasteiger partial charge in [0.2, 0.25) is 5.95 Å². The third kappa shape index (κ3) is 6.70. The number of hydrogen-bond donors (Lipinski definition) is 3. The molecule has 10 nitrogen and oxygen atoms in total. The minimum Gasteiger partial charge on any atom is -0.395 e. The van der Waals surface area contributed by atoms with Gasteiger partial charge in [-0.25, -0.2) is 19.9 Å². The summed E-state index contributed by atoms with van der Waals surface area (Å²) >= 11 is 0. The van der Waals surface area contributed by atoms with Crippen molar-refractivity contribution < 1.29 is 10.2 Å². The van der Waals surface area contributed by atoms with Gasteiger partial charge in [0.25, 0.3) is 0 Å². The second kappa shape index (κ2) is 12.1. The van der Waals surface area contributed by atoms with Gasteiger partial charge in [0.05, 0.1) is 12.7 Å². The molecule has 198 valence electrons. The van der Waals surface area contributed by atoms with Crippen LogP contribution >= 0.6 is 0 Å². The maximum absolute atomic E-state index is 9.91. The van der Waals surface area contributed by atoms with E-state index >= 15 is 0 Å². The van der Waals surface area contributed by atoms with Crippen molar-refractivity contribution in [2.75, 3.05) is 62.6 Å². The van der Waals surface area contributed by atoms with Gasteiger partial charge in [-0.3, -0.25) is 9.80 Å². The van der Waals surface area contributed by atoms with Crippen LogP contribution in [-0.2, 0) is 13.0 Å². The summed E-state index contributed by atoms with van der Waals surface area (Å²) in [6.07, 6.45) is 7.33. The van der Waals surface area contributed by atoms with Crippen LogP contribution < -0.4 is 10.2 Å². The van der Waals surface area contributed by atoms with Crippen LogP contribution in [0.15, 0.2) is 30.6 Å². The summed E-state index contributed by atoms with van der Waals surface area (Å²) in [6.45, 7) is 9.53. The van der Waals surface area contributed by atoms with Crippen LogP contribution in [0.5, 0.6) is 0 Å². The number of piperidine rings is 1. The molecule has 0 saturated carbocycles. The molecule has 0 amide bonds. The van der Waals surface area contributed by atoms with Crippen LogP contribution in [0.1, 0.15) is 37.4 Å². The van der Waals surface area contributed by atoms with E-state index in [4.69, 9.17) is 15.1 Å². The molecule has 1 unspecified atom stereocenters. The fourth-order valence-corrected chi connectivity index (χ4v) is 5.15. The topological polar surface area (TPSA) is 114 Å². The number of nitrogens with zero attached hydrogens (tertiary/aromatic N) is 7. The van der Waals surface area contributed by atoms with Crippen molar-refractivity contribution in [2.24, 2.45) is 0 Å². The Morgan fingerprint density at radius 2 is 1.73 bits per heavy atom. The molecule has 2 aliphatic rings. The van der Waals surface area contributed by atoms with Crippen molar-refractivity contribution in [3.8, 4) is 0 Å². The van der Waals surface area contributed by atoms with Gasteiger partial charge in [-0.15, -0.1) is 0 Å². The summed E-state index contributed by atoms with van der Waals surface area (Å²) in [5, 5.41) is 23.2. The molecule has 2 aliphatic heterocycles. The summed E-state index contributed by atoms with van der Waals surface area (Å²) in [7, 11) is 0. The highest BCUT2D eigenvalue weighted by Crippen LogP contribution is 2.28. The number of piperazine rings is 1. The average molecular weight is 507 g/mol. The van der Waals surface area contributed by atoms with Crippen LogP contribution in [0.2, 0.25) is 0 Å². The lowest BCUT2D eigenvalue weighted by Crippen LogP contribution is -2.46.